The molecule has 0 aliphatic heterocycles. The quantitative estimate of drug-likeness (QED) is 0.757. The van der Waals surface area contributed by atoms with Crippen LogP contribution in [0.25, 0.3) is 0 Å². The fraction of sp³-hybridized carbons (Fsp3) is 0.583. The van der Waals surface area contributed by atoms with E-state index in [0.29, 0.717) is 19.4 Å². The van der Waals surface area contributed by atoms with Gasteiger partial charge >= 0.3 is 0 Å². The van der Waals surface area contributed by atoms with Crippen molar-refractivity contribution in [2.45, 2.75) is 26.7 Å². The molecule has 5 nitrogen and oxygen atoms in total. The highest BCUT2D eigenvalue weighted by Crippen LogP contribution is 2.31. The van der Waals surface area contributed by atoms with Crippen molar-refractivity contribution in [1.82, 2.24) is 9.97 Å². The minimum atomic E-state index is -0.566. The van der Waals surface area contributed by atoms with E-state index in [1.165, 1.54) is 19.5 Å². The van der Waals surface area contributed by atoms with Crippen LogP contribution in [0.2, 0.25) is 0 Å². The van der Waals surface area contributed by atoms with Crippen LogP contribution >= 0.6 is 0 Å². The summed E-state index contributed by atoms with van der Waals surface area (Å²) in [5.74, 6) is 0.173. The zero-order chi connectivity index (χ0) is 12.9. The Balaban J connectivity index is 3.18. The highest BCUT2D eigenvalue weighted by atomic mass is 16.5. The minimum absolute atomic E-state index is 0.0880. The zero-order valence-electron chi connectivity index (χ0n) is 10.6. The molecule has 5 heteroatoms. The SMILES string of the molecule is CCC(CC)(CN)C(=O)c1nccnc1OC. The van der Waals surface area contributed by atoms with Gasteiger partial charge in [-0.2, -0.15) is 0 Å². The van der Waals surface area contributed by atoms with Crippen molar-refractivity contribution in [3.05, 3.63) is 18.1 Å². The van der Waals surface area contributed by atoms with Crippen molar-refractivity contribution in [3.63, 3.8) is 0 Å². The molecular formula is C12H19N3O2. The number of Topliss-reactive ketones (excluding diaryl/α,β-unsaturated/α-hetero) is 1. The highest BCUT2D eigenvalue weighted by molar-refractivity contribution is 6.00. The first-order chi connectivity index (χ1) is 8.15. The molecule has 0 radical (unpaired) electrons. The molecule has 0 saturated heterocycles. The predicted molar refractivity (Wildman–Crippen MR) is 65.0 cm³/mol. The van der Waals surface area contributed by atoms with E-state index in [4.69, 9.17) is 10.5 Å². The van der Waals surface area contributed by atoms with E-state index in [0.717, 1.165) is 0 Å². The van der Waals surface area contributed by atoms with Crippen molar-refractivity contribution >= 4 is 5.78 Å². The molecule has 0 atom stereocenters. The summed E-state index contributed by atoms with van der Waals surface area (Å²) in [5.41, 5.74) is 5.45. The number of carbonyl (C=O) groups excluding carboxylic acids is 1. The Kier molecular flexibility index (Phi) is 4.57. The van der Waals surface area contributed by atoms with E-state index in [1.807, 2.05) is 13.8 Å². The Labute approximate surface area is 101 Å². The third-order valence-corrected chi connectivity index (χ3v) is 3.30. The molecule has 0 fully saturated rings. The number of rotatable bonds is 6. The van der Waals surface area contributed by atoms with E-state index >= 15 is 0 Å². The first kappa shape index (κ1) is 13.6. The van der Waals surface area contributed by atoms with Crippen LogP contribution in [0.15, 0.2) is 12.4 Å². The largest absolute Gasteiger partial charge is 0.479 e. The van der Waals surface area contributed by atoms with Crippen molar-refractivity contribution in [2.75, 3.05) is 13.7 Å². The lowest BCUT2D eigenvalue weighted by Gasteiger charge is -2.28. The van der Waals surface area contributed by atoms with Crippen LogP contribution in [-0.4, -0.2) is 29.4 Å². The number of ketones is 1. The van der Waals surface area contributed by atoms with Crippen molar-refractivity contribution in [2.24, 2.45) is 11.1 Å². The van der Waals surface area contributed by atoms with Gasteiger partial charge in [-0.25, -0.2) is 9.97 Å². The zero-order valence-corrected chi connectivity index (χ0v) is 10.6. The second kappa shape index (κ2) is 5.72. The smallest absolute Gasteiger partial charge is 0.243 e. The van der Waals surface area contributed by atoms with E-state index in [9.17, 15) is 4.79 Å². The molecule has 0 unspecified atom stereocenters. The van der Waals surface area contributed by atoms with Crippen LogP contribution in [0, 0.1) is 5.41 Å². The lowest BCUT2D eigenvalue weighted by molar-refractivity contribution is 0.0777. The third kappa shape index (κ3) is 2.44. The van der Waals surface area contributed by atoms with Crippen LogP contribution < -0.4 is 10.5 Å². The van der Waals surface area contributed by atoms with Gasteiger partial charge in [0.25, 0.3) is 0 Å². The number of nitrogens with zero attached hydrogens (tertiary/aromatic N) is 2. The van der Waals surface area contributed by atoms with Gasteiger partial charge in [-0.15, -0.1) is 0 Å². The molecule has 0 spiro atoms. The first-order valence-electron chi connectivity index (χ1n) is 5.75. The Morgan fingerprint density at radius 3 is 2.41 bits per heavy atom. The molecular weight excluding hydrogens is 218 g/mol. The minimum Gasteiger partial charge on any atom is -0.479 e. The molecule has 17 heavy (non-hydrogen) atoms. The van der Waals surface area contributed by atoms with Crippen LogP contribution in [0.4, 0.5) is 0 Å². The maximum Gasteiger partial charge on any atom is 0.243 e. The highest BCUT2D eigenvalue weighted by Gasteiger charge is 2.36. The maximum absolute atomic E-state index is 12.5. The number of aromatic nitrogens is 2. The van der Waals surface area contributed by atoms with Crippen molar-refractivity contribution in [1.29, 1.82) is 0 Å². The standard InChI is InChI=1S/C12H19N3O2/c1-4-12(5-2,8-13)10(16)9-11(17-3)15-7-6-14-9/h6-7H,4-5,8,13H2,1-3H3. The summed E-state index contributed by atoms with van der Waals surface area (Å²) >= 11 is 0. The van der Waals surface area contributed by atoms with Crippen LogP contribution in [0.5, 0.6) is 5.88 Å². The number of carbonyl (C=O) groups is 1. The lowest BCUT2D eigenvalue weighted by atomic mass is 9.77. The van der Waals surface area contributed by atoms with Crippen LogP contribution in [0.1, 0.15) is 37.2 Å². The van der Waals surface area contributed by atoms with Gasteiger partial charge in [-0.05, 0) is 12.8 Å². The normalized spacial score (nSPS) is 11.3. The van der Waals surface area contributed by atoms with E-state index in [1.54, 1.807) is 0 Å². The summed E-state index contributed by atoms with van der Waals surface area (Å²) in [6.07, 6.45) is 4.34. The topological polar surface area (TPSA) is 78.1 Å². The Morgan fingerprint density at radius 1 is 1.35 bits per heavy atom. The van der Waals surface area contributed by atoms with Gasteiger partial charge in [-0.1, -0.05) is 13.8 Å². The number of nitrogens with two attached hydrogens (primary N) is 1. The number of methoxy groups -OCH3 is 1. The fourth-order valence-electron chi connectivity index (χ4n) is 1.83. The molecule has 0 aromatic carbocycles. The molecule has 94 valence electrons. The molecule has 2 N–H and O–H groups in total. The Bertz CT molecular complexity index is 381. The fourth-order valence-corrected chi connectivity index (χ4v) is 1.83. The molecule has 1 heterocycles. The van der Waals surface area contributed by atoms with Gasteiger partial charge in [-0.3, -0.25) is 4.79 Å². The van der Waals surface area contributed by atoms with Crippen LogP contribution in [0.3, 0.4) is 0 Å². The molecule has 0 saturated carbocycles. The van der Waals surface area contributed by atoms with E-state index in [-0.39, 0.29) is 17.4 Å². The van der Waals surface area contributed by atoms with Gasteiger partial charge in [0.2, 0.25) is 5.88 Å². The van der Waals surface area contributed by atoms with E-state index < -0.39 is 5.41 Å². The van der Waals surface area contributed by atoms with Gasteiger partial charge in [0, 0.05) is 24.4 Å². The summed E-state index contributed by atoms with van der Waals surface area (Å²) < 4.78 is 5.06. The van der Waals surface area contributed by atoms with Gasteiger partial charge in [0.05, 0.1) is 7.11 Å². The average molecular weight is 237 g/mol. The van der Waals surface area contributed by atoms with Gasteiger partial charge in [0.1, 0.15) is 0 Å². The lowest BCUT2D eigenvalue weighted by Crippen LogP contribution is -2.38. The van der Waals surface area contributed by atoms with E-state index in [2.05, 4.69) is 9.97 Å². The molecule has 0 amide bonds. The summed E-state index contributed by atoms with van der Waals surface area (Å²) in [6, 6.07) is 0. The van der Waals surface area contributed by atoms with Crippen molar-refractivity contribution < 1.29 is 9.53 Å². The third-order valence-electron chi connectivity index (χ3n) is 3.30. The molecule has 1 aromatic rings. The average Bonchev–Trinajstić information content (AvgIpc) is 2.41. The number of hydrogen-bond acceptors (Lipinski definition) is 5. The second-order valence-corrected chi connectivity index (χ2v) is 3.93. The van der Waals surface area contributed by atoms with Crippen molar-refractivity contribution in [3.8, 4) is 5.88 Å². The molecule has 0 bridgehead atoms. The summed E-state index contributed by atoms with van der Waals surface area (Å²) in [5, 5.41) is 0. The summed E-state index contributed by atoms with van der Waals surface area (Å²) in [7, 11) is 1.48. The Hall–Kier alpha value is -1.49. The molecule has 0 aliphatic carbocycles. The molecule has 1 rings (SSSR count). The van der Waals surface area contributed by atoms with Gasteiger partial charge in [0.15, 0.2) is 11.5 Å². The Morgan fingerprint density at radius 2 is 1.94 bits per heavy atom. The van der Waals surface area contributed by atoms with Crippen LogP contribution in [-0.2, 0) is 0 Å². The maximum atomic E-state index is 12.5. The second-order valence-electron chi connectivity index (χ2n) is 3.93. The molecule has 1 aromatic heterocycles. The summed E-state index contributed by atoms with van der Waals surface area (Å²) in [4.78, 5) is 20.5. The number of ether oxygens (including phenoxy) is 1. The molecule has 0 aliphatic rings. The monoisotopic (exact) mass is 237 g/mol. The number of hydrogen-bond donors (Lipinski definition) is 1. The van der Waals surface area contributed by atoms with Gasteiger partial charge < -0.3 is 10.5 Å². The summed E-state index contributed by atoms with van der Waals surface area (Å²) in [6.45, 7) is 4.22. The predicted octanol–water partition coefficient (Wildman–Crippen LogP) is 1.43. The first-order valence-corrected chi connectivity index (χ1v) is 5.75.